The topological polar surface area (TPSA) is 95.9 Å². The molecule has 6 heteroatoms. The van der Waals surface area contributed by atoms with Crippen LogP contribution in [0.4, 0.5) is 0 Å². The predicted octanol–water partition coefficient (Wildman–Crippen LogP) is 21.2. The van der Waals surface area contributed by atoms with Crippen LogP contribution in [-0.4, -0.2) is 47.4 Å². The zero-order valence-corrected chi connectivity index (χ0v) is 49.6. The van der Waals surface area contributed by atoms with E-state index in [4.69, 9.17) is 4.74 Å². The maximum absolute atomic E-state index is 12.4. The highest BCUT2D eigenvalue weighted by molar-refractivity contribution is 5.76. The SMILES string of the molecule is CCCCCCCC/C=C\CCCCCCCCCC(=O)OCCCCCCCCCCCCCCCCCCCCCCCCCCCCCCCCC(=O)NC(CO)C(O)CCCCCCCCCCC. The highest BCUT2D eigenvalue weighted by Gasteiger charge is 2.20. The summed E-state index contributed by atoms with van der Waals surface area (Å²) in [5.41, 5.74) is 0. The van der Waals surface area contributed by atoms with Gasteiger partial charge in [0.2, 0.25) is 5.91 Å². The minimum atomic E-state index is -0.658. The number of esters is 1. The van der Waals surface area contributed by atoms with Crippen molar-refractivity contribution in [1.82, 2.24) is 5.32 Å². The fourth-order valence-corrected chi connectivity index (χ4v) is 10.7. The van der Waals surface area contributed by atoms with Crippen molar-refractivity contribution in [2.75, 3.05) is 13.2 Å². The molecule has 0 saturated carbocycles. The minimum absolute atomic E-state index is 0.0174. The lowest BCUT2D eigenvalue weighted by Crippen LogP contribution is -2.45. The van der Waals surface area contributed by atoms with Crippen molar-refractivity contribution in [3.05, 3.63) is 12.2 Å². The molecule has 73 heavy (non-hydrogen) atoms. The molecule has 0 heterocycles. The van der Waals surface area contributed by atoms with Gasteiger partial charge in [-0.1, -0.05) is 328 Å². The van der Waals surface area contributed by atoms with E-state index in [9.17, 15) is 19.8 Å². The van der Waals surface area contributed by atoms with Gasteiger partial charge in [-0.3, -0.25) is 9.59 Å². The van der Waals surface area contributed by atoms with Gasteiger partial charge in [0.1, 0.15) is 0 Å². The van der Waals surface area contributed by atoms with Crippen molar-refractivity contribution in [2.45, 2.75) is 392 Å². The number of aliphatic hydroxyl groups excluding tert-OH is 2. The molecule has 6 nitrogen and oxygen atoms in total. The van der Waals surface area contributed by atoms with Gasteiger partial charge in [-0.15, -0.1) is 0 Å². The average molecular weight is 1030 g/mol. The molecule has 0 aliphatic carbocycles. The summed E-state index contributed by atoms with van der Waals surface area (Å²) in [5, 5.41) is 23.1. The number of rotatable bonds is 63. The first-order valence-corrected chi connectivity index (χ1v) is 33.4. The Morgan fingerprint density at radius 1 is 0.370 bits per heavy atom. The Labute approximate surface area is 457 Å². The van der Waals surface area contributed by atoms with Gasteiger partial charge in [-0.2, -0.15) is 0 Å². The van der Waals surface area contributed by atoms with Crippen LogP contribution in [0.3, 0.4) is 0 Å². The monoisotopic (exact) mass is 1030 g/mol. The van der Waals surface area contributed by atoms with Gasteiger partial charge in [0.15, 0.2) is 0 Å². The third-order valence-corrected chi connectivity index (χ3v) is 15.8. The number of hydrogen-bond donors (Lipinski definition) is 3. The quantitative estimate of drug-likeness (QED) is 0.0320. The van der Waals surface area contributed by atoms with E-state index < -0.39 is 12.1 Å². The maximum atomic E-state index is 12.4. The second-order valence-electron chi connectivity index (χ2n) is 23.2. The van der Waals surface area contributed by atoms with Gasteiger partial charge in [0, 0.05) is 12.8 Å². The van der Waals surface area contributed by atoms with E-state index in [0.29, 0.717) is 25.9 Å². The number of aliphatic hydroxyl groups is 2. The zero-order valence-electron chi connectivity index (χ0n) is 49.6. The molecule has 0 aliphatic rings. The highest BCUT2D eigenvalue weighted by Crippen LogP contribution is 2.19. The molecule has 0 bridgehead atoms. The average Bonchev–Trinajstić information content (AvgIpc) is 3.39. The number of amides is 1. The number of ether oxygens (including phenoxy) is 1. The van der Waals surface area contributed by atoms with Crippen molar-refractivity contribution in [2.24, 2.45) is 0 Å². The number of carbonyl (C=O) groups is 2. The molecule has 0 aromatic rings. The van der Waals surface area contributed by atoms with Crippen LogP contribution < -0.4 is 5.32 Å². The molecule has 0 aliphatic heterocycles. The molecule has 3 N–H and O–H groups in total. The van der Waals surface area contributed by atoms with Crippen molar-refractivity contribution in [3.63, 3.8) is 0 Å². The molecule has 0 aromatic carbocycles. The zero-order chi connectivity index (χ0) is 52.9. The minimum Gasteiger partial charge on any atom is -0.466 e. The number of hydrogen-bond acceptors (Lipinski definition) is 5. The summed E-state index contributed by atoms with van der Waals surface area (Å²) >= 11 is 0. The molecule has 0 aromatic heterocycles. The number of nitrogens with one attached hydrogen (secondary N) is 1. The molecule has 0 radical (unpaired) electrons. The predicted molar refractivity (Wildman–Crippen MR) is 320 cm³/mol. The van der Waals surface area contributed by atoms with E-state index in [1.165, 1.54) is 302 Å². The van der Waals surface area contributed by atoms with Crippen molar-refractivity contribution >= 4 is 11.9 Å². The van der Waals surface area contributed by atoms with Crippen LogP contribution in [0.1, 0.15) is 380 Å². The summed E-state index contributed by atoms with van der Waals surface area (Å²) in [6.07, 6.45) is 76.9. The van der Waals surface area contributed by atoms with Crippen molar-refractivity contribution in [1.29, 1.82) is 0 Å². The second-order valence-corrected chi connectivity index (χ2v) is 23.2. The Morgan fingerprint density at radius 2 is 0.644 bits per heavy atom. The molecule has 1 amide bonds. The Bertz CT molecular complexity index is 1100. The number of carbonyl (C=O) groups excluding carboxylic acids is 2. The van der Waals surface area contributed by atoms with E-state index in [1.807, 2.05) is 0 Å². The summed E-state index contributed by atoms with van der Waals surface area (Å²) in [6, 6.07) is -0.535. The van der Waals surface area contributed by atoms with Gasteiger partial charge in [-0.25, -0.2) is 0 Å². The smallest absolute Gasteiger partial charge is 0.305 e. The van der Waals surface area contributed by atoms with Crippen LogP contribution in [0, 0.1) is 0 Å². The maximum Gasteiger partial charge on any atom is 0.305 e. The summed E-state index contributed by atoms with van der Waals surface area (Å²) in [6.45, 7) is 4.96. The number of unbranched alkanes of at least 4 members (excludes halogenated alkanes) is 50. The van der Waals surface area contributed by atoms with Gasteiger partial charge in [0.05, 0.1) is 25.4 Å². The third-order valence-electron chi connectivity index (χ3n) is 15.8. The first-order chi connectivity index (χ1) is 36.0. The normalized spacial score (nSPS) is 12.5. The van der Waals surface area contributed by atoms with Crippen LogP contribution >= 0.6 is 0 Å². The van der Waals surface area contributed by atoms with E-state index in [0.717, 1.165) is 44.9 Å². The van der Waals surface area contributed by atoms with Crippen molar-refractivity contribution in [3.8, 4) is 0 Å². The molecular weight excluding hydrogens is 899 g/mol. The van der Waals surface area contributed by atoms with Gasteiger partial charge < -0.3 is 20.3 Å². The lowest BCUT2D eigenvalue weighted by molar-refractivity contribution is -0.143. The van der Waals surface area contributed by atoms with Crippen LogP contribution in [0.5, 0.6) is 0 Å². The van der Waals surface area contributed by atoms with E-state index >= 15 is 0 Å². The van der Waals surface area contributed by atoms with Crippen molar-refractivity contribution < 1.29 is 24.5 Å². The lowest BCUT2D eigenvalue weighted by atomic mass is 10.0. The molecule has 2 atom stereocenters. The first-order valence-electron chi connectivity index (χ1n) is 33.4. The fourth-order valence-electron chi connectivity index (χ4n) is 10.7. The summed E-state index contributed by atoms with van der Waals surface area (Å²) in [4.78, 5) is 24.5. The third kappa shape index (κ3) is 59.7. The highest BCUT2D eigenvalue weighted by atomic mass is 16.5. The molecule has 2 unspecified atom stereocenters. The standard InChI is InChI=1S/C67H131NO5/c1-3-5-7-9-11-13-14-15-16-31-35-38-41-45-49-53-57-61-67(72)73-62-58-54-50-46-42-39-36-33-30-28-26-24-22-20-18-17-19-21-23-25-27-29-32-34-37-40-44-48-52-56-60-66(71)68-64(63-69)65(70)59-55-51-47-43-12-10-8-6-4-2/h15-16,64-65,69-70H,3-14,17-63H2,1-2H3,(H,68,71)/b16-15-. The molecule has 0 rings (SSSR count). The van der Waals surface area contributed by atoms with E-state index in [2.05, 4.69) is 31.3 Å². The summed E-state index contributed by atoms with van der Waals surface area (Å²) in [5.74, 6) is -0.0143. The van der Waals surface area contributed by atoms with Crippen LogP contribution in [0.25, 0.3) is 0 Å². The Balaban J connectivity index is 3.28. The van der Waals surface area contributed by atoms with Crippen LogP contribution in [-0.2, 0) is 14.3 Å². The van der Waals surface area contributed by atoms with Crippen LogP contribution in [0.2, 0.25) is 0 Å². The molecule has 0 fully saturated rings. The summed E-state index contributed by atoms with van der Waals surface area (Å²) < 4.78 is 5.50. The van der Waals surface area contributed by atoms with Gasteiger partial charge in [-0.05, 0) is 51.4 Å². The van der Waals surface area contributed by atoms with Gasteiger partial charge in [0.25, 0.3) is 0 Å². The molecular formula is C67H131NO5. The lowest BCUT2D eigenvalue weighted by Gasteiger charge is -2.22. The molecule has 0 spiro atoms. The Morgan fingerprint density at radius 3 is 0.973 bits per heavy atom. The Hall–Kier alpha value is -1.40. The first kappa shape index (κ1) is 71.6. The van der Waals surface area contributed by atoms with E-state index in [-0.39, 0.29) is 18.5 Å². The van der Waals surface area contributed by atoms with E-state index in [1.54, 1.807) is 0 Å². The largest absolute Gasteiger partial charge is 0.466 e. The fraction of sp³-hybridized carbons (Fsp3) is 0.940. The summed E-state index contributed by atoms with van der Waals surface area (Å²) in [7, 11) is 0. The molecule has 0 saturated heterocycles. The van der Waals surface area contributed by atoms with Gasteiger partial charge >= 0.3 is 5.97 Å². The Kier molecular flexibility index (Phi) is 61.9. The second kappa shape index (κ2) is 63.1. The van der Waals surface area contributed by atoms with Crippen LogP contribution in [0.15, 0.2) is 12.2 Å². The number of allylic oxidation sites excluding steroid dienone is 2. The molecule has 434 valence electrons.